The van der Waals surface area contributed by atoms with Crippen LogP contribution >= 0.6 is 0 Å². The van der Waals surface area contributed by atoms with E-state index in [1.165, 1.54) is 11.1 Å². The smallest absolute Gasteiger partial charge is 0.194 e. The molecule has 0 radical (unpaired) electrons. The molecule has 0 fully saturated rings. The molecule has 0 spiro atoms. The Balaban J connectivity index is 1.62. The molecule has 2 aromatic carbocycles. The number of aromatic nitrogens is 3. The van der Waals surface area contributed by atoms with Crippen LogP contribution in [0.25, 0.3) is 0 Å². The average molecular weight is 421 g/mol. The summed E-state index contributed by atoms with van der Waals surface area (Å²) in [6.07, 6.45) is 3.53. The highest BCUT2D eigenvalue weighted by atomic mass is 16.5. The monoisotopic (exact) mass is 420 g/mol. The maximum atomic E-state index is 5.24. The van der Waals surface area contributed by atoms with Gasteiger partial charge in [-0.25, -0.2) is 0 Å². The third-order valence-electron chi connectivity index (χ3n) is 5.09. The summed E-state index contributed by atoms with van der Waals surface area (Å²) in [7, 11) is 3.76. The maximum absolute atomic E-state index is 5.24. The van der Waals surface area contributed by atoms with Gasteiger partial charge in [0, 0.05) is 39.6 Å². The average Bonchev–Trinajstić information content (AvgIpc) is 3.26. The highest BCUT2D eigenvalue weighted by molar-refractivity contribution is 5.79. The lowest BCUT2D eigenvalue weighted by atomic mass is 10.1. The van der Waals surface area contributed by atoms with Crippen LogP contribution in [0.4, 0.5) is 0 Å². The molecule has 0 unspecified atom stereocenters. The van der Waals surface area contributed by atoms with E-state index < -0.39 is 0 Å². The van der Waals surface area contributed by atoms with Crippen LogP contribution in [0.1, 0.15) is 23.9 Å². The van der Waals surface area contributed by atoms with Gasteiger partial charge in [-0.15, -0.1) is 10.2 Å². The first kappa shape index (κ1) is 22.3. The number of nitrogens with zero attached hydrogens (tertiary/aromatic N) is 5. The molecule has 0 amide bonds. The van der Waals surface area contributed by atoms with Crippen molar-refractivity contribution in [3.63, 3.8) is 0 Å². The van der Waals surface area contributed by atoms with E-state index in [1.807, 2.05) is 18.2 Å². The zero-order chi connectivity index (χ0) is 21.9. The lowest BCUT2D eigenvalue weighted by Gasteiger charge is -2.23. The van der Waals surface area contributed by atoms with Crippen LogP contribution in [-0.4, -0.2) is 52.9 Å². The fraction of sp³-hybridized carbons (Fsp3) is 0.375. The van der Waals surface area contributed by atoms with Gasteiger partial charge in [-0.05, 0) is 29.7 Å². The van der Waals surface area contributed by atoms with Crippen LogP contribution in [-0.2, 0) is 25.9 Å². The van der Waals surface area contributed by atoms with Gasteiger partial charge in [-0.2, -0.15) is 0 Å². The van der Waals surface area contributed by atoms with E-state index in [4.69, 9.17) is 9.73 Å². The summed E-state index contributed by atoms with van der Waals surface area (Å²) in [6, 6.07) is 18.6. The minimum atomic E-state index is 0.709. The van der Waals surface area contributed by atoms with Crippen molar-refractivity contribution in [2.45, 2.75) is 32.9 Å². The normalized spacial score (nSPS) is 11.4. The maximum Gasteiger partial charge on any atom is 0.194 e. The van der Waals surface area contributed by atoms with Gasteiger partial charge in [0.2, 0.25) is 0 Å². The Morgan fingerprint density at radius 3 is 2.58 bits per heavy atom. The van der Waals surface area contributed by atoms with Gasteiger partial charge in [0.05, 0.1) is 7.11 Å². The van der Waals surface area contributed by atoms with Crippen molar-refractivity contribution in [2.24, 2.45) is 4.99 Å². The molecule has 1 aromatic heterocycles. The first-order chi connectivity index (χ1) is 15.2. The number of rotatable bonds is 10. The van der Waals surface area contributed by atoms with Gasteiger partial charge < -0.3 is 19.5 Å². The van der Waals surface area contributed by atoms with Crippen LogP contribution in [0.2, 0.25) is 0 Å². The molecule has 0 aliphatic rings. The Hall–Kier alpha value is -3.35. The summed E-state index contributed by atoms with van der Waals surface area (Å²) in [5, 5.41) is 11.7. The molecule has 0 saturated heterocycles. The van der Waals surface area contributed by atoms with E-state index in [9.17, 15) is 0 Å². The number of benzene rings is 2. The molecule has 0 saturated carbocycles. The summed E-state index contributed by atoms with van der Waals surface area (Å²) in [5.41, 5.74) is 2.49. The van der Waals surface area contributed by atoms with Crippen molar-refractivity contribution in [3.8, 4) is 5.75 Å². The van der Waals surface area contributed by atoms with Gasteiger partial charge >= 0.3 is 0 Å². The Labute approximate surface area is 184 Å². The first-order valence-corrected chi connectivity index (χ1v) is 10.7. The summed E-state index contributed by atoms with van der Waals surface area (Å²) in [6.45, 7) is 5.15. The van der Waals surface area contributed by atoms with Crippen molar-refractivity contribution < 1.29 is 4.74 Å². The minimum absolute atomic E-state index is 0.709. The lowest BCUT2D eigenvalue weighted by molar-refractivity contribution is 0.414. The topological polar surface area (TPSA) is 67.6 Å². The largest absolute Gasteiger partial charge is 0.497 e. The first-order valence-electron chi connectivity index (χ1n) is 10.7. The zero-order valence-electron chi connectivity index (χ0n) is 18.7. The molecule has 7 heteroatoms. The molecular weight excluding hydrogens is 388 g/mol. The Morgan fingerprint density at radius 2 is 1.87 bits per heavy atom. The van der Waals surface area contributed by atoms with Gasteiger partial charge in [0.25, 0.3) is 0 Å². The number of hydrogen-bond donors (Lipinski definition) is 1. The number of nitrogens with one attached hydrogen (secondary N) is 1. The summed E-state index contributed by atoms with van der Waals surface area (Å²) in [4.78, 5) is 7.04. The van der Waals surface area contributed by atoms with Crippen molar-refractivity contribution in [1.82, 2.24) is 25.0 Å². The highest BCUT2D eigenvalue weighted by Crippen LogP contribution is 2.12. The number of aliphatic imine (C=N–C) groups is 1. The van der Waals surface area contributed by atoms with Crippen molar-refractivity contribution in [1.29, 1.82) is 0 Å². The fourth-order valence-electron chi connectivity index (χ4n) is 3.35. The lowest BCUT2D eigenvalue weighted by Crippen LogP contribution is -2.40. The Kier molecular flexibility index (Phi) is 8.46. The van der Waals surface area contributed by atoms with Crippen LogP contribution in [0, 0.1) is 0 Å². The summed E-state index contributed by atoms with van der Waals surface area (Å²) >= 11 is 0. The van der Waals surface area contributed by atoms with Crippen molar-refractivity contribution in [2.75, 3.05) is 27.2 Å². The predicted molar refractivity (Wildman–Crippen MR) is 124 cm³/mol. The van der Waals surface area contributed by atoms with Crippen molar-refractivity contribution in [3.05, 3.63) is 77.9 Å². The van der Waals surface area contributed by atoms with E-state index in [-0.39, 0.29) is 0 Å². The molecule has 1 heterocycles. The van der Waals surface area contributed by atoms with E-state index in [2.05, 4.69) is 75.4 Å². The SMILES string of the molecule is CCc1nncn1CCNC(=NCCc1ccc(OC)cc1)N(C)Cc1ccccc1. The Bertz CT molecular complexity index is 936. The summed E-state index contributed by atoms with van der Waals surface area (Å²) in [5.74, 6) is 2.76. The third-order valence-corrected chi connectivity index (χ3v) is 5.09. The van der Waals surface area contributed by atoms with E-state index >= 15 is 0 Å². The Morgan fingerprint density at radius 1 is 1.10 bits per heavy atom. The van der Waals surface area contributed by atoms with Gasteiger partial charge in [0.1, 0.15) is 17.9 Å². The molecule has 0 bridgehead atoms. The predicted octanol–water partition coefficient (Wildman–Crippen LogP) is 3.17. The second-order valence-electron chi connectivity index (χ2n) is 7.37. The van der Waals surface area contributed by atoms with E-state index in [0.717, 1.165) is 50.0 Å². The molecule has 164 valence electrons. The number of methoxy groups -OCH3 is 1. The fourth-order valence-corrected chi connectivity index (χ4v) is 3.35. The molecule has 0 aliphatic carbocycles. The van der Waals surface area contributed by atoms with Crippen molar-refractivity contribution >= 4 is 5.96 Å². The summed E-state index contributed by atoms with van der Waals surface area (Å²) < 4.78 is 7.32. The molecule has 0 atom stereocenters. The zero-order valence-corrected chi connectivity index (χ0v) is 18.7. The van der Waals surface area contributed by atoms with Crippen LogP contribution in [0.3, 0.4) is 0 Å². The second kappa shape index (κ2) is 11.7. The molecular formula is C24H32N6O. The van der Waals surface area contributed by atoms with E-state index in [1.54, 1.807) is 13.4 Å². The molecule has 3 rings (SSSR count). The molecule has 1 N–H and O–H groups in total. The third kappa shape index (κ3) is 6.84. The second-order valence-corrected chi connectivity index (χ2v) is 7.37. The van der Waals surface area contributed by atoms with Crippen LogP contribution in [0.5, 0.6) is 5.75 Å². The van der Waals surface area contributed by atoms with Crippen LogP contribution in [0.15, 0.2) is 65.9 Å². The quantitative estimate of drug-likeness (QED) is 0.403. The highest BCUT2D eigenvalue weighted by Gasteiger charge is 2.08. The molecule has 0 aliphatic heterocycles. The standard InChI is InChI=1S/C24H32N6O/c1-4-23-28-27-19-30(23)17-16-26-24(29(2)18-21-8-6-5-7-9-21)25-15-14-20-10-12-22(31-3)13-11-20/h5-13,19H,4,14-18H2,1-3H3,(H,25,26). The van der Waals surface area contributed by atoms with Gasteiger partial charge in [-0.1, -0.05) is 49.4 Å². The molecule has 7 nitrogen and oxygen atoms in total. The van der Waals surface area contributed by atoms with Gasteiger partial charge in [-0.3, -0.25) is 4.99 Å². The minimum Gasteiger partial charge on any atom is -0.497 e. The number of ether oxygens (including phenoxy) is 1. The number of aryl methyl sites for hydroxylation is 1. The molecule has 3 aromatic rings. The number of hydrogen-bond acceptors (Lipinski definition) is 4. The van der Waals surface area contributed by atoms with Gasteiger partial charge in [0.15, 0.2) is 5.96 Å². The van der Waals surface area contributed by atoms with E-state index in [0.29, 0.717) is 6.54 Å². The van der Waals surface area contributed by atoms with Crippen LogP contribution < -0.4 is 10.1 Å². The number of guanidine groups is 1. The molecule has 31 heavy (non-hydrogen) atoms.